The summed E-state index contributed by atoms with van der Waals surface area (Å²) in [5.74, 6) is 1.39. The number of benzene rings is 2. The van der Waals surface area contributed by atoms with Crippen molar-refractivity contribution in [1.29, 1.82) is 0 Å². The van der Waals surface area contributed by atoms with Crippen molar-refractivity contribution in [2.75, 3.05) is 7.11 Å². The number of hydrogen-bond donors (Lipinski definition) is 0. The van der Waals surface area contributed by atoms with E-state index in [9.17, 15) is 4.39 Å². The molecule has 2 aromatic rings. The molecule has 2 aliphatic rings. The number of ether oxygens (including phenoxy) is 2. The molecular weight excluding hydrogens is 291 g/mol. The van der Waals surface area contributed by atoms with Gasteiger partial charge in [-0.25, -0.2) is 4.39 Å². The van der Waals surface area contributed by atoms with Crippen molar-refractivity contribution >= 4 is 0 Å². The molecule has 0 amide bonds. The largest absolute Gasteiger partial charge is 0.497 e. The van der Waals surface area contributed by atoms with E-state index in [1.54, 1.807) is 19.2 Å². The molecule has 0 N–H and O–H groups in total. The summed E-state index contributed by atoms with van der Waals surface area (Å²) in [4.78, 5) is 0. The molecule has 2 atom stereocenters. The van der Waals surface area contributed by atoms with Crippen LogP contribution >= 0.6 is 0 Å². The van der Waals surface area contributed by atoms with Crippen LogP contribution in [0.1, 0.15) is 43.2 Å². The molecule has 1 saturated carbocycles. The molecule has 0 spiro atoms. The minimum atomic E-state index is -0.372. The zero-order valence-electron chi connectivity index (χ0n) is 13.3. The Bertz CT molecular complexity index is 710. The lowest BCUT2D eigenvalue weighted by atomic mass is 9.68. The van der Waals surface area contributed by atoms with Gasteiger partial charge in [0.1, 0.15) is 23.4 Å². The smallest absolute Gasteiger partial charge is 0.131 e. The Labute approximate surface area is 136 Å². The van der Waals surface area contributed by atoms with Gasteiger partial charge in [-0.05, 0) is 49.1 Å². The molecule has 1 aliphatic heterocycles. The van der Waals surface area contributed by atoms with E-state index in [-0.39, 0.29) is 17.3 Å². The van der Waals surface area contributed by atoms with E-state index < -0.39 is 0 Å². The average Bonchev–Trinajstić information content (AvgIpc) is 2.76. The van der Waals surface area contributed by atoms with Crippen LogP contribution in [0.3, 0.4) is 0 Å². The fraction of sp³-hybridized carbons (Fsp3) is 0.400. The molecule has 2 aromatic carbocycles. The third-order valence-corrected chi connectivity index (χ3v) is 5.38. The average molecular weight is 312 g/mol. The molecule has 0 aromatic heterocycles. The second-order valence-electron chi connectivity index (χ2n) is 6.52. The highest BCUT2D eigenvalue weighted by Gasteiger charge is 2.51. The van der Waals surface area contributed by atoms with Crippen molar-refractivity contribution in [3.05, 3.63) is 59.4 Å². The highest BCUT2D eigenvalue weighted by atomic mass is 19.1. The van der Waals surface area contributed by atoms with Gasteiger partial charge in [0, 0.05) is 5.56 Å². The molecule has 2 nitrogen and oxygen atoms in total. The van der Waals surface area contributed by atoms with Gasteiger partial charge in [0.25, 0.3) is 0 Å². The molecule has 0 saturated heterocycles. The molecule has 3 heteroatoms. The summed E-state index contributed by atoms with van der Waals surface area (Å²) >= 11 is 0. The third kappa shape index (κ3) is 2.13. The number of hydrogen-bond acceptors (Lipinski definition) is 2. The van der Waals surface area contributed by atoms with Crippen molar-refractivity contribution < 1.29 is 13.9 Å². The predicted octanol–water partition coefficient (Wildman–Crippen LogP) is 4.85. The number of methoxy groups -OCH3 is 1. The van der Waals surface area contributed by atoms with E-state index in [2.05, 4.69) is 12.1 Å². The molecule has 0 bridgehead atoms. The summed E-state index contributed by atoms with van der Waals surface area (Å²) in [6.45, 7) is 0. The van der Waals surface area contributed by atoms with E-state index >= 15 is 0 Å². The Morgan fingerprint density at radius 2 is 1.91 bits per heavy atom. The SMILES string of the molecule is COc1ccc(C23CCCCCC2Oc2cccc(F)c23)cc1. The zero-order valence-corrected chi connectivity index (χ0v) is 13.3. The van der Waals surface area contributed by atoms with E-state index in [0.717, 1.165) is 42.6 Å². The summed E-state index contributed by atoms with van der Waals surface area (Å²) in [5, 5.41) is 0. The third-order valence-electron chi connectivity index (χ3n) is 5.38. The van der Waals surface area contributed by atoms with Crippen LogP contribution in [0.15, 0.2) is 42.5 Å². The lowest BCUT2D eigenvalue weighted by molar-refractivity contribution is 0.158. The van der Waals surface area contributed by atoms with Crippen LogP contribution in [0.5, 0.6) is 11.5 Å². The molecule has 1 heterocycles. The Morgan fingerprint density at radius 1 is 1.09 bits per heavy atom. The van der Waals surface area contributed by atoms with Gasteiger partial charge in [-0.1, -0.05) is 31.0 Å². The van der Waals surface area contributed by atoms with Crippen molar-refractivity contribution in [1.82, 2.24) is 0 Å². The quantitative estimate of drug-likeness (QED) is 0.789. The predicted molar refractivity (Wildman–Crippen MR) is 87.7 cm³/mol. The first-order valence-corrected chi connectivity index (χ1v) is 8.36. The summed E-state index contributed by atoms with van der Waals surface area (Å²) in [7, 11) is 1.66. The zero-order chi connectivity index (χ0) is 15.9. The Kier molecular flexibility index (Phi) is 3.51. The second-order valence-corrected chi connectivity index (χ2v) is 6.52. The van der Waals surface area contributed by atoms with Gasteiger partial charge >= 0.3 is 0 Å². The summed E-state index contributed by atoms with van der Waals surface area (Å²) in [6.07, 6.45) is 5.34. The molecule has 0 radical (unpaired) electrons. The van der Waals surface area contributed by atoms with Gasteiger partial charge in [0.2, 0.25) is 0 Å². The minimum Gasteiger partial charge on any atom is -0.497 e. The fourth-order valence-electron chi connectivity index (χ4n) is 4.31. The van der Waals surface area contributed by atoms with E-state index in [1.165, 1.54) is 6.42 Å². The first-order valence-electron chi connectivity index (χ1n) is 8.36. The maximum Gasteiger partial charge on any atom is 0.131 e. The van der Waals surface area contributed by atoms with Crippen molar-refractivity contribution in [2.45, 2.75) is 43.6 Å². The van der Waals surface area contributed by atoms with Crippen LogP contribution in [0.25, 0.3) is 0 Å². The lowest BCUT2D eigenvalue weighted by Crippen LogP contribution is -2.38. The van der Waals surface area contributed by atoms with Crippen LogP contribution < -0.4 is 9.47 Å². The van der Waals surface area contributed by atoms with Crippen LogP contribution in [0.4, 0.5) is 4.39 Å². The maximum atomic E-state index is 14.8. The van der Waals surface area contributed by atoms with Crippen LogP contribution in [-0.4, -0.2) is 13.2 Å². The molecule has 4 rings (SSSR count). The van der Waals surface area contributed by atoms with Gasteiger partial charge < -0.3 is 9.47 Å². The maximum absolute atomic E-state index is 14.8. The molecular formula is C20H21FO2. The van der Waals surface area contributed by atoms with Gasteiger partial charge in [0.15, 0.2) is 0 Å². The summed E-state index contributed by atoms with van der Waals surface area (Å²) in [6, 6.07) is 13.3. The first-order chi connectivity index (χ1) is 11.3. The van der Waals surface area contributed by atoms with E-state index in [0.29, 0.717) is 5.75 Å². The number of halogens is 1. The van der Waals surface area contributed by atoms with Gasteiger partial charge in [0.05, 0.1) is 12.5 Å². The molecule has 120 valence electrons. The van der Waals surface area contributed by atoms with Crippen molar-refractivity contribution in [3.63, 3.8) is 0 Å². The van der Waals surface area contributed by atoms with Gasteiger partial charge in [-0.3, -0.25) is 0 Å². The van der Waals surface area contributed by atoms with Crippen LogP contribution in [0.2, 0.25) is 0 Å². The molecule has 23 heavy (non-hydrogen) atoms. The van der Waals surface area contributed by atoms with E-state index in [1.807, 2.05) is 18.2 Å². The Balaban J connectivity index is 1.92. The molecule has 1 fully saturated rings. The molecule has 2 unspecified atom stereocenters. The first kappa shape index (κ1) is 14.6. The van der Waals surface area contributed by atoms with Crippen molar-refractivity contribution in [3.8, 4) is 11.5 Å². The van der Waals surface area contributed by atoms with Crippen molar-refractivity contribution in [2.24, 2.45) is 0 Å². The van der Waals surface area contributed by atoms with Crippen LogP contribution in [0, 0.1) is 5.82 Å². The topological polar surface area (TPSA) is 18.5 Å². The normalized spacial score (nSPS) is 25.9. The van der Waals surface area contributed by atoms with Crippen LogP contribution in [-0.2, 0) is 5.41 Å². The van der Waals surface area contributed by atoms with Gasteiger partial charge in [-0.15, -0.1) is 0 Å². The Morgan fingerprint density at radius 3 is 2.70 bits per heavy atom. The lowest BCUT2D eigenvalue weighted by Gasteiger charge is -2.34. The number of fused-ring (bicyclic) bond motifs is 3. The molecule has 1 aliphatic carbocycles. The second kappa shape index (κ2) is 5.55. The number of rotatable bonds is 2. The monoisotopic (exact) mass is 312 g/mol. The summed E-state index contributed by atoms with van der Waals surface area (Å²) in [5.41, 5.74) is 1.51. The van der Waals surface area contributed by atoms with E-state index in [4.69, 9.17) is 9.47 Å². The fourth-order valence-corrected chi connectivity index (χ4v) is 4.31. The minimum absolute atomic E-state index is 0.0188. The Hall–Kier alpha value is -2.03. The van der Waals surface area contributed by atoms with Gasteiger partial charge in [-0.2, -0.15) is 0 Å². The summed E-state index contributed by atoms with van der Waals surface area (Å²) < 4.78 is 26.3. The highest BCUT2D eigenvalue weighted by molar-refractivity contribution is 5.54. The highest BCUT2D eigenvalue weighted by Crippen LogP contribution is 2.54. The standard InChI is InChI=1S/C20H21FO2/c1-22-15-11-9-14(10-12-15)20-13-4-2-3-8-18(20)23-17-7-5-6-16(21)19(17)20/h5-7,9-12,18H,2-4,8,13H2,1H3.